The fourth-order valence-electron chi connectivity index (χ4n) is 3.37. The molecule has 1 heterocycles. The Kier molecular flexibility index (Phi) is 5.98. The van der Waals surface area contributed by atoms with E-state index >= 15 is 0 Å². The topological polar surface area (TPSA) is 110 Å². The van der Waals surface area contributed by atoms with Gasteiger partial charge in [0.05, 0.1) is 22.5 Å². The summed E-state index contributed by atoms with van der Waals surface area (Å²) in [6.45, 7) is 3.54. The van der Waals surface area contributed by atoms with Gasteiger partial charge < -0.3 is 5.73 Å². The largest absolute Gasteiger partial charge is 0.396 e. The Morgan fingerprint density at radius 2 is 1.59 bits per heavy atom. The molecule has 0 aliphatic rings. The van der Waals surface area contributed by atoms with Gasteiger partial charge in [-0.15, -0.1) is 10.2 Å². The van der Waals surface area contributed by atoms with E-state index in [2.05, 4.69) is 19.9 Å². The summed E-state index contributed by atoms with van der Waals surface area (Å²) < 4.78 is 28.5. The van der Waals surface area contributed by atoms with Crippen LogP contribution < -0.4 is 10.5 Å². The van der Waals surface area contributed by atoms with Gasteiger partial charge >= 0.3 is 0 Å². The highest BCUT2D eigenvalue weighted by Gasteiger charge is 2.21. The molecule has 0 aliphatic carbocycles. The van der Waals surface area contributed by atoms with E-state index in [1.54, 1.807) is 50.4 Å². The predicted octanol–water partition coefficient (Wildman–Crippen LogP) is 5.59. The monoisotopic (exact) mass is 445 g/mol. The molecule has 4 rings (SSSR count). The molecule has 0 amide bonds. The molecule has 162 valence electrons. The fraction of sp³-hybridized carbons (Fsp3) is 0.125. The van der Waals surface area contributed by atoms with Gasteiger partial charge in [-0.3, -0.25) is 4.98 Å². The maximum Gasteiger partial charge on any atom is 0.241 e. The van der Waals surface area contributed by atoms with Gasteiger partial charge in [0.25, 0.3) is 0 Å². The highest BCUT2D eigenvalue weighted by molar-refractivity contribution is 7.89. The molecule has 0 unspecified atom stereocenters. The Balaban J connectivity index is 1.73. The summed E-state index contributed by atoms with van der Waals surface area (Å²) in [6, 6.07) is 21.7. The van der Waals surface area contributed by atoms with Crippen molar-refractivity contribution in [2.24, 2.45) is 10.2 Å². The minimum absolute atomic E-state index is 0.113. The lowest BCUT2D eigenvalue weighted by Crippen LogP contribution is -2.30. The second kappa shape index (κ2) is 8.86. The van der Waals surface area contributed by atoms with E-state index in [-0.39, 0.29) is 16.6 Å². The lowest BCUT2D eigenvalue weighted by atomic mass is 10.1. The van der Waals surface area contributed by atoms with Gasteiger partial charge in [-0.05, 0) is 32.0 Å². The summed E-state index contributed by atoms with van der Waals surface area (Å²) in [4.78, 5) is 4.55. The number of rotatable bonds is 6. The summed E-state index contributed by atoms with van der Waals surface area (Å²) >= 11 is 0. The average molecular weight is 446 g/mol. The molecule has 0 saturated heterocycles. The van der Waals surface area contributed by atoms with Gasteiger partial charge in [0.1, 0.15) is 11.4 Å². The number of nitrogens with zero attached hydrogens (tertiary/aromatic N) is 3. The predicted molar refractivity (Wildman–Crippen MR) is 128 cm³/mol. The van der Waals surface area contributed by atoms with Gasteiger partial charge in [-0.2, -0.15) is 0 Å². The zero-order chi connectivity index (χ0) is 22.7. The van der Waals surface area contributed by atoms with Crippen molar-refractivity contribution in [2.75, 3.05) is 5.73 Å². The second-order valence-electron chi connectivity index (χ2n) is 7.60. The maximum atomic E-state index is 12.9. The van der Waals surface area contributed by atoms with E-state index in [1.807, 2.05) is 36.4 Å². The van der Waals surface area contributed by atoms with E-state index in [1.165, 1.54) is 6.07 Å². The van der Waals surface area contributed by atoms with Crippen molar-refractivity contribution in [3.63, 3.8) is 0 Å². The molecule has 4 aromatic rings. The number of azo groups is 1. The van der Waals surface area contributed by atoms with Crippen molar-refractivity contribution >= 4 is 37.9 Å². The number of hydrogen-bond donors (Lipinski definition) is 2. The number of aromatic nitrogens is 1. The van der Waals surface area contributed by atoms with Crippen molar-refractivity contribution in [1.82, 2.24) is 9.71 Å². The molecule has 0 bridgehead atoms. The van der Waals surface area contributed by atoms with Crippen LogP contribution >= 0.6 is 0 Å². The Hall–Kier alpha value is -3.62. The third-order valence-electron chi connectivity index (χ3n) is 4.80. The number of hydrogen-bond acceptors (Lipinski definition) is 6. The summed E-state index contributed by atoms with van der Waals surface area (Å²) in [7, 11) is -3.76. The highest BCUT2D eigenvalue weighted by Crippen LogP contribution is 2.37. The van der Waals surface area contributed by atoms with Crippen LogP contribution in [-0.2, 0) is 10.0 Å². The second-order valence-corrected chi connectivity index (χ2v) is 9.28. The van der Waals surface area contributed by atoms with Crippen molar-refractivity contribution in [2.45, 2.75) is 24.8 Å². The number of pyridine rings is 1. The SMILES string of the molecule is CC(C)NS(=O)(=O)c1cc(N=Nc2ccc(-c3ccccc3)nc2)c(N)c2ccccc12. The number of nitrogen functional groups attached to an aromatic ring is 1. The summed E-state index contributed by atoms with van der Waals surface area (Å²) in [6.07, 6.45) is 1.61. The number of nitrogens with two attached hydrogens (primary N) is 1. The summed E-state index contributed by atoms with van der Waals surface area (Å²) in [5, 5.41) is 9.62. The molecule has 3 aromatic carbocycles. The summed E-state index contributed by atoms with van der Waals surface area (Å²) in [5.74, 6) is 0. The minimum Gasteiger partial charge on any atom is -0.396 e. The standard InChI is InChI=1S/C24H23N5O2S/c1-16(2)29-32(30,31)23-14-22(24(25)20-11-7-6-10-19(20)23)28-27-18-12-13-21(26-15-18)17-8-4-3-5-9-17/h3-16,29H,25H2,1-2H3. The Morgan fingerprint density at radius 1 is 0.906 bits per heavy atom. The normalized spacial score (nSPS) is 12.1. The third kappa shape index (κ3) is 4.51. The minimum atomic E-state index is -3.76. The number of nitrogens with one attached hydrogen (secondary N) is 1. The zero-order valence-corrected chi connectivity index (χ0v) is 18.5. The number of sulfonamides is 1. The van der Waals surface area contributed by atoms with Crippen molar-refractivity contribution in [3.05, 3.63) is 79.0 Å². The van der Waals surface area contributed by atoms with Gasteiger partial charge in [0.15, 0.2) is 0 Å². The number of fused-ring (bicyclic) bond motifs is 1. The molecular weight excluding hydrogens is 422 g/mol. The van der Waals surface area contributed by atoms with Crippen LogP contribution in [0.1, 0.15) is 13.8 Å². The smallest absolute Gasteiger partial charge is 0.241 e. The Bertz CT molecular complexity index is 1380. The molecule has 0 saturated carbocycles. The van der Waals surface area contributed by atoms with Crippen LogP contribution in [-0.4, -0.2) is 19.4 Å². The lowest BCUT2D eigenvalue weighted by Gasteiger charge is -2.14. The van der Waals surface area contributed by atoms with Crippen molar-refractivity contribution < 1.29 is 8.42 Å². The molecule has 0 aliphatic heterocycles. The molecule has 0 atom stereocenters. The molecule has 3 N–H and O–H groups in total. The van der Waals surface area contributed by atoms with Gasteiger partial charge in [0.2, 0.25) is 10.0 Å². The molecule has 1 aromatic heterocycles. The number of anilines is 1. The number of benzene rings is 3. The van der Waals surface area contributed by atoms with Crippen LogP contribution in [0, 0.1) is 0 Å². The Labute approximate surface area is 187 Å². The molecule has 0 radical (unpaired) electrons. The molecule has 8 heteroatoms. The van der Waals surface area contributed by atoms with E-state index in [4.69, 9.17) is 5.73 Å². The molecule has 0 fully saturated rings. The zero-order valence-electron chi connectivity index (χ0n) is 17.7. The first-order chi connectivity index (χ1) is 15.3. The first kappa shape index (κ1) is 21.6. The Morgan fingerprint density at radius 3 is 2.25 bits per heavy atom. The van der Waals surface area contributed by atoms with Crippen LogP contribution in [0.5, 0.6) is 0 Å². The van der Waals surface area contributed by atoms with E-state index in [9.17, 15) is 8.42 Å². The van der Waals surface area contributed by atoms with Crippen LogP contribution in [0.15, 0.2) is 94.1 Å². The van der Waals surface area contributed by atoms with Crippen LogP contribution in [0.25, 0.3) is 22.0 Å². The molecule has 7 nitrogen and oxygen atoms in total. The van der Waals surface area contributed by atoms with Crippen LogP contribution in [0.4, 0.5) is 17.1 Å². The molecular formula is C24H23N5O2S. The third-order valence-corrected chi connectivity index (χ3v) is 6.50. The first-order valence-corrected chi connectivity index (χ1v) is 11.6. The molecule has 32 heavy (non-hydrogen) atoms. The van der Waals surface area contributed by atoms with Gasteiger partial charge in [0, 0.05) is 22.4 Å². The average Bonchev–Trinajstić information content (AvgIpc) is 2.79. The first-order valence-electron chi connectivity index (χ1n) is 10.1. The van der Waals surface area contributed by atoms with Gasteiger partial charge in [-0.1, -0.05) is 54.6 Å². The van der Waals surface area contributed by atoms with E-state index < -0.39 is 10.0 Å². The van der Waals surface area contributed by atoms with E-state index in [0.29, 0.717) is 22.1 Å². The van der Waals surface area contributed by atoms with Crippen molar-refractivity contribution in [3.8, 4) is 11.3 Å². The molecule has 0 spiro atoms. The quantitative estimate of drug-likeness (QED) is 0.298. The van der Waals surface area contributed by atoms with Crippen LogP contribution in [0.3, 0.4) is 0 Å². The fourth-order valence-corrected chi connectivity index (χ4v) is 4.85. The lowest BCUT2D eigenvalue weighted by molar-refractivity contribution is 0.571. The summed E-state index contributed by atoms with van der Waals surface area (Å²) in [5.41, 5.74) is 9.31. The van der Waals surface area contributed by atoms with Gasteiger partial charge in [-0.25, -0.2) is 13.1 Å². The van der Waals surface area contributed by atoms with Crippen LogP contribution in [0.2, 0.25) is 0 Å². The highest BCUT2D eigenvalue weighted by atomic mass is 32.2. The van der Waals surface area contributed by atoms with E-state index in [0.717, 1.165) is 11.3 Å². The maximum absolute atomic E-state index is 12.9. The van der Waals surface area contributed by atoms with Crippen molar-refractivity contribution in [1.29, 1.82) is 0 Å².